The Hall–Kier alpha value is -4.82. The van der Waals surface area contributed by atoms with Crippen molar-refractivity contribution in [3.63, 3.8) is 0 Å². The maximum absolute atomic E-state index is 13.6. The van der Waals surface area contributed by atoms with Crippen LogP contribution in [0.4, 0.5) is 4.79 Å². The molecule has 0 bridgehead atoms. The highest BCUT2D eigenvalue weighted by Gasteiger charge is 2.37. The third kappa shape index (κ3) is 8.86. The molecule has 0 aliphatic rings. The van der Waals surface area contributed by atoms with Gasteiger partial charge in [-0.3, -0.25) is 4.79 Å². The lowest BCUT2D eigenvalue weighted by atomic mass is 9.84. The second-order valence-electron chi connectivity index (χ2n) is 10.3. The van der Waals surface area contributed by atoms with Gasteiger partial charge in [-0.25, -0.2) is 9.59 Å². The zero-order valence-corrected chi connectivity index (χ0v) is 26.1. The maximum atomic E-state index is 13.6. The number of carbonyl (C=O) groups is 3. The number of thioether (sulfide) groups is 1. The first kappa shape index (κ1) is 33.1. The molecule has 0 aliphatic heterocycles. The number of ether oxygens (including phenoxy) is 2. The summed E-state index contributed by atoms with van der Waals surface area (Å²) in [4.78, 5) is 38.9. The van der Waals surface area contributed by atoms with Crippen molar-refractivity contribution in [3.05, 3.63) is 156 Å². The Morgan fingerprint density at radius 3 is 1.71 bits per heavy atom. The van der Waals surface area contributed by atoms with Gasteiger partial charge in [0.2, 0.25) is 5.91 Å². The molecule has 0 unspecified atom stereocenters. The molecule has 232 valence electrons. The SMILES string of the molecule is C=CC[C@H](NC(=O)[C@H](CCSC(c1ccccc1)(c1ccccc1)c1ccccc1)NC(=O)OCc1ccccc1)C(=O)OC. The zero-order chi connectivity index (χ0) is 31.9. The minimum absolute atomic E-state index is 0.0517. The normalized spacial score (nSPS) is 12.3. The molecule has 0 saturated heterocycles. The molecule has 0 spiro atoms. The van der Waals surface area contributed by atoms with E-state index in [1.165, 1.54) is 13.2 Å². The van der Waals surface area contributed by atoms with Crippen LogP contribution in [0.3, 0.4) is 0 Å². The average molecular weight is 623 g/mol. The monoisotopic (exact) mass is 622 g/mol. The van der Waals surface area contributed by atoms with Crippen LogP contribution in [0.2, 0.25) is 0 Å². The molecule has 7 nitrogen and oxygen atoms in total. The molecule has 0 fully saturated rings. The van der Waals surface area contributed by atoms with Gasteiger partial charge in [0.1, 0.15) is 18.7 Å². The van der Waals surface area contributed by atoms with Crippen LogP contribution in [0.1, 0.15) is 35.1 Å². The number of alkyl carbamates (subject to hydrolysis) is 1. The molecule has 0 aliphatic carbocycles. The summed E-state index contributed by atoms with van der Waals surface area (Å²) in [6.45, 7) is 3.73. The van der Waals surface area contributed by atoms with Crippen molar-refractivity contribution >= 4 is 29.7 Å². The summed E-state index contributed by atoms with van der Waals surface area (Å²) in [6.07, 6.45) is 1.23. The molecule has 0 radical (unpaired) electrons. The molecule has 0 heterocycles. The number of amides is 2. The molecule has 4 rings (SSSR count). The van der Waals surface area contributed by atoms with Gasteiger partial charge in [0, 0.05) is 0 Å². The molecule has 4 aromatic rings. The van der Waals surface area contributed by atoms with Gasteiger partial charge in [0.15, 0.2) is 0 Å². The van der Waals surface area contributed by atoms with Crippen LogP contribution < -0.4 is 10.6 Å². The van der Waals surface area contributed by atoms with E-state index in [0.29, 0.717) is 5.75 Å². The van der Waals surface area contributed by atoms with Crippen molar-refractivity contribution in [1.29, 1.82) is 0 Å². The molecule has 4 aromatic carbocycles. The molecular formula is C37H38N2O5S. The van der Waals surface area contributed by atoms with Crippen LogP contribution in [-0.2, 0) is 30.4 Å². The predicted molar refractivity (Wildman–Crippen MR) is 179 cm³/mol. The smallest absolute Gasteiger partial charge is 0.408 e. The van der Waals surface area contributed by atoms with Gasteiger partial charge in [-0.05, 0) is 40.8 Å². The van der Waals surface area contributed by atoms with Gasteiger partial charge >= 0.3 is 12.1 Å². The highest BCUT2D eigenvalue weighted by atomic mass is 32.2. The lowest BCUT2D eigenvalue weighted by Gasteiger charge is -2.36. The predicted octanol–water partition coefficient (Wildman–Crippen LogP) is 6.63. The van der Waals surface area contributed by atoms with E-state index in [1.54, 1.807) is 11.8 Å². The topological polar surface area (TPSA) is 93.7 Å². The highest BCUT2D eigenvalue weighted by Crippen LogP contribution is 2.48. The summed E-state index contributed by atoms with van der Waals surface area (Å²) in [5, 5.41) is 5.46. The Bertz CT molecular complexity index is 1420. The second-order valence-corrected chi connectivity index (χ2v) is 11.6. The number of carbonyl (C=O) groups excluding carboxylic acids is 3. The number of methoxy groups -OCH3 is 1. The number of rotatable bonds is 15. The molecule has 0 aromatic heterocycles. The largest absolute Gasteiger partial charge is 0.467 e. The van der Waals surface area contributed by atoms with Gasteiger partial charge in [0.05, 0.1) is 11.9 Å². The third-order valence-corrected chi connectivity index (χ3v) is 8.87. The van der Waals surface area contributed by atoms with Crippen molar-refractivity contribution in [2.45, 2.75) is 36.3 Å². The molecule has 2 atom stereocenters. The van der Waals surface area contributed by atoms with E-state index in [4.69, 9.17) is 9.47 Å². The fraction of sp³-hybridized carbons (Fsp3) is 0.216. The lowest BCUT2D eigenvalue weighted by molar-refractivity contribution is -0.145. The van der Waals surface area contributed by atoms with Crippen molar-refractivity contribution in [2.24, 2.45) is 0 Å². The quantitative estimate of drug-likeness (QED) is 0.0878. The van der Waals surface area contributed by atoms with E-state index >= 15 is 0 Å². The summed E-state index contributed by atoms with van der Waals surface area (Å²) in [6, 6.07) is 38.1. The summed E-state index contributed by atoms with van der Waals surface area (Å²) < 4.78 is 9.71. The molecule has 2 amide bonds. The van der Waals surface area contributed by atoms with Gasteiger partial charge in [-0.1, -0.05) is 127 Å². The number of esters is 1. The summed E-state index contributed by atoms with van der Waals surface area (Å²) in [5.41, 5.74) is 4.07. The van der Waals surface area contributed by atoms with Crippen molar-refractivity contribution < 1.29 is 23.9 Å². The highest BCUT2D eigenvalue weighted by molar-refractivity contribution is 8.00. The van der Waals surface area contributed by atoms with Crippen molar-refractivity contribution in [3.8, 4) is 0 Å². The Balaban J connectivity index is 1.61. The van der Waals surface area contributed by atoms with E-state index in [1.807, 2.05) is 84.9 Å². The summed E-state index contributed by atoms with van der Waals surface area (Å²) >= 11 is 1.67. The summed E-state index contributed by atoms with van der Waals surface area (Å²) in [7, 11) is 1.26. The second kappa shape index (κ2) is 16.9. The van der Waals surface area contributed by atoms with Gasteiger partial charge in [-0.15, -0.1) is 18.3 Å². The molecule has 2 N–H and O–H groups in total. The Kier molecular flexibility index (Phi) is 12.4. The first-order valence-electron chi connectivity index (χ1n) is 14.7. The minimum Gasteiger partial charge on any atom is -0.467 e. The molecular weight excluding hydrogens is 584 g/mol. The van der Waals surface area contributed by atoms with Gasteiger partial charge in [-0.2, -0.15) is 0 Å². The Labute approximate surface area is 269 Å². The standard InChI is InChI=1S/C37H38N2O5S/c1-3-16-33(35(41)43-2)38-34(40)32(39-36(42)44-27-28-17-8-4-9-18-28)25-26-45-37(29-19-10-5-11-20-29,30-21-12-6-13-22-30)31-23-14-7-15-24-31/h3-15,17-24,32-33H,1,16,25-27H2,2H3,(H,38,40)(H,39,42)/t32-,33-/m0/s1. The fourth-order valence-electron chi connectivity index (χ4n) is 5.07. The van der Waals surface area contributed by atoms with Crippen LogP contribution >= 0.6 is 11.8 Å². The van der Waals surface area contributed by atoms with Crippen LogP contribution in [0.25, 0.3) is 0 Å². The Morgan fingerprint density at radius 2 is 1.24 bits per heavy atom. The summed E-state index contributed by atoms with van der Waals surface area (Å²) in [5.74, 6) is -0.645. The van der Waals surface area contributed by atoms with Crippen LogP contribution in [-0.4, -0.2) is 42.9 Å². The van der Waals surface area contributed by atoms with E-state index in [-0.39, 0.29) is 19.4 Å². The number of hydrogen-bond donors (Lipinski definition) is 2. The van der Waals surface area contributed by atoms with E-state index in [9.17, 15) is 14.4 Å². The van der Waals surface area contributed by atoms with E-state index < -0.39 is 34.8 Å². The molecule has 0 saturated carbocycles. The number of benzene rings is 4. The van der Waals surface area contributed by atoms with Crippen molar-refractivity contribution in [2.75, 3.05) is 12.9 Å². The minimum atomic E-state index is -0.988. The van der Waals surface area contributed by atoms with Gasteiger partial charge in [0.25, 0.3) is 0 Å². The van der Waals surface area contributed by atoms with Gasteiger partial charge < -0.3 is 20.1 Å². The van der Waals surface area contributed by atoms with Crippen LogP contribution in [0.15, 0.2) is 134 Å². The lowest BCUT2D eigenvalue weighted by Crippen LogP contribution is -2.52. The first-order chi connectivity index (χ1) is 22.0. The fourth-order valence-corrected chi connectivity index (χ4v) is 6.64. The van der Waals surface area contributed by atoms with E-state index in [2.05, 4.69) is 53.6 Å². The first-order valence-corrected chi connectivity index (χ1v) is 15.7. The number of nitrogens with one attached hydrogen (secondary N) is 2. The van der Waals surface area contributed by atoms with Crippen LogP contribution in [0.5, 0.6) is 0 Å². The molecule has 45 heavy (non-hydrogen) atoms. The van der Waals surface area contributed by atoms with E-state index in [0.717, 1.165) is 22.3 Å². The average Bonchev–Trinajstić information content (AvgIpc) is 3.09. The van der Waals surface area contributed by atoms with Crippen molar-refractivity contribution in [1.82, 2.24) is 10.6 Å². The third-order valence-electron chi connectivity index (χ3n) is 7.29. The number of hydrogen-bond acceptors (Lipinski definition) is 6. The molecule has 8 heteroatoms. The maximum Gasteiger partial charge on any atom is 0.408 e. The van der Waals surface area contributed by atoms with Crippen LogP contribution in [0, 0.1) is 0 Å². The Morgan fingerprint density at radius 1 is 0.756 bits per heavy atom. The zero-order valence-electron chi connectivity index (χ0n) is 25.3.